The molecule has 30 heavy (non-hydrogen) atoms. The lowest BCUT2D eigenvalue weighted by atomic mass is 9.94. The second-order valence-electron chi connectivity index (χ2n) is 7.28. The number of benzene rings is 2. The number of aryl methyl sites for hydroxylation is 2. The molecular weight excluding hydrogens is 374 g/mol. The monoisotopic (exact) mass is 399 g/mol. The molecule has 2 aromatic heterocycles. The van der Waals surface area contributed by atoms with Crippen molar-refractivity contribution in [1.29, 1.82) is 0 Å². The minimum atomic E-state index is -0.305. The summed E-state index contributed by atoms with van der Waals surface area (Å²) >= 11 is 0. The third-order valence-corrected chi connectivity index (χ3v) is 5.11. The first kappa shape index (κ1) is 19.7. The zero-order chi connectivity index (χ0) is 21.1. The maximum atomic E-state index is 11.1. The van der Waals surface area contributed by atoms with Crippen molar-refractivity contribution in [2.75, 3.05) is 11.9 Å². The van der Waals surface area contributed by atoms with Gasteiger partial charge in [0.15, 0.2) is 0 Å². The van der Waals surface area contributed by atoms with E-state index in [9.17, 15) is 5.11 Å². The van der Waals surface area contributed by atoms with Crippen LogP contribution >= 0.6 is 0 Å². The second-order valence-corrected chi connectivity index (χ2v) is 7.28. The molecule has 5 nitrogen and oxygen atoms in total. The molecule has 2 N–H and O–H groups in total. The number of pyridine rings is 2. The van der Waals surface area contributed by atoms with Crippen LogP contribution in [-0.4, -0.2) is 21.7 Å². The smallest absolute Gasteiger partial charge is 0.147 e. The van der Waals surface area contributed by atoms with Gasteiger partial charge in [-0.2, -0.15) is 0 Å². The zero-order valence-corrected chi connectivity index (χ0v) is 17.4. The summed E-state index contributed by atoms with van der Waals surface area (Å²) in [5, 5.41) is 15.5. The average Bonchev–Trinajstić information content (AvgIpc) is 2.75. The lowest BCUT2D eigenvalue weighted by Crippen LogP contribution is -2.14. The maximum Gasteiger partial charge on any atom is 0.147 e. The Balaban J connectivity index is 1.84. The molecule has 4 aromatic rings. The van der Waals surface area contributed by atoms with E-state index >= 15 is 0 Å². The number of aromatic nitrogens is 2. The van der Waals surface area contributed by atoms with E-state index in [1.807, 2.05) is 75.4 Å². The highest BCUT2D eigenvalue weighted by Crippen LogP contribution is 2.37. The molecule has 0 saturated carbocycles. The largest absolute Gasteiger partial charge is 0.505 e. The van der Waals surface area contributed by atoms with Crippen LogP contribution < -0.4 is 10.1 Å². The summed E-state index contributed by atoms with van der Waals surface area (Å²) in [5.41, 5.74) is 4.25. The molecule has 0 spiro atoms. The predicted octanol–water partition coefficient (Wildman–Crippen LogP) is 5.55. The van der Waals surface area contributed by atoms with E-state index in [0.717, 1.165) is 39.3 Å². The van der Waals surface area contributed by atoms with Gasteiger partial charge in [-0.15, -0.1) is 0 Å². The Morgan fingerprint density at radius 1 is 1.03 bits per heavy atom. The number of aromatic hydroxyl groups is 1. The number of anilines is 1. The van der Waals surface area contributed by atoms with Crippen LogP contribution in [0, 0.1) is 13.8 Å². The standard InChI is InChI=1S/C25H25N3O2/c1-4-30-21-13-11-19(15-16(21)2)23(28-22-7-5-6-14-26-22)20-12-10-18-9-8-17(3)27-24(18)25(20)29/h5-15,23,29H,4H2,1-3H3,(H,26,28)/t23-/m0/s1. The normalized spacial score (nSPS) is 12.0. The Morgan fingerprint density at radius 3 is 2.60 bits per heavy atom. The zero-order valence-electron chi connectivity index (χ0n) is 17.4. The lowest BCUT2D eigenvalue weighted by Gasteiger charge is -2.23. The van der Waals surface area contributed by atoms with Gasteiger partial charge in [0.2, 0.25) is 0 Å². The van der Waals surface area contributed by atoms with E-state index in [1.54, 1.807) is 6.20 Å². The number of nitrogens with one attached hydrogen (secondary N) is 1. The van der Waals surface area contributed by atoms with Crippen molar-refractivity contribution >= 4 is 16.7 Å². The molecule has 0 bridgehead atoms. The van der Waals surface area contributed by atoms with Crippen LogP contribution in [0.5, 0.6) is 11.5 Å². The van der Waals surface area contributed by atoms with Gasteiger partial charge in [0.25, 0.3) is 0 Å². The Bertz CT molecular complexity index is 1180. The predicted molar refractivity (Wildman–Crippen MR) is 120 cm³/mol. The van der Waals surface area contributed by atoms with Gasteiger partial charge < -0.3 is 15.2 Å². The van der Waals surface area contributed by atoms with Crippen LogP contribution in [0.2, 0.25) is 0 Å². The quantitative estimate of drug-likeness (QED) is 0.445. The molecule has 0 radical (unpaired) electrons. The number of nitrogens with zero attached hydrogens (tertiary/aromatic N) is 2. The number of hydrogen-bond donors (Lipinski definition) is 2. The summed E-state index contributed by atoms with van der Waals surface area (Å²) in [4.78, 5) is 8.97. The minimum absolute atomic E-state index is 0.177. The van der Waals surface area contributed by atoms with Gasteiger partial charge in [0.05, 0.1) is 12.6 Å². The van der Waals surface area contributed by atoms with E-state index in [1.165, 1.54) is 0 Å². The molecule has 152 valence electrons. The number of phenols is 1. The summed E-state index contributed by atoms with van der Waals surface area (Å²) in [5.74, 6) is 1.76. The Kier molecular flexibility index (Phi) is 5.53. The van der Waals surface area contributed by atoms with Crippen LogP contribution in [0.1, 0.15) is 35.3 Å². The molecule has 0 amide bonds. The third-order valence-electron chi connectivity index (χ3n) is 5.11. The molecule has 1 atom stereocenters. The Morgan fingerprint density at radius 2 is 1.87 bits per heavy atom. The van der Waals surface area contributed by atoms with Gasteiger partial charge in [-0.3, -0.25) is 0 Å². The Labute approximate surface area is 176 Å². The first-order valence-corrected chi connectivity index (χ1v) is 10.1. The molecule has 0 saturated heterocycles. The second kappa shape index (κ2) is 8.41. The van der Waals surface area contributed by atoms with Crippen molar-refractivity contribution < 1.29 is 9.84 Å². The summed E-state index contributed by atoms with van der Waals surface area (Å²) in [7, 11) is 0. The van der Waals surface area contributed by atoms with Crippen LogP contribution in [0.25, 0.3) is 10.9 Å². The first-order valence-electron chi connectivity index (χ1n) is 10.1. The van der Waals surface area contributed by atoms with Gasteiger partial charge in [-0.05, 0) is 62.2 Å². The van der Waals surface area contributed by atoms with Crippen molar-refractivity contribution in [3.63, 3.8) is 0 Å². The van der Waals surface area contributed by atoms with Gasteiger partial charge >= 0.3 is 0 Å². The molecule has 5 heteroatoms. The maximum absolute atomic E-state index is 11.1. The molecule has 4 rings (SSSR count). The summed E-state index contributed by atoms with van der Waals surface area (Å²) in [6, 6.07) is 19.3. The highest BCUT2D eigenvalue weighted by atomic mass is 16.5. The molecule has 2 heterocycles. The van der Waals surface area contributed by atoms with E-state index < -0.39 is 0 Å². The SMILES string of the molecule is CCOc1ccc([C@H](Nc2ccccn2)c2ccc3ccc(C)nc3c2O)cc1C. The number of phenolic OH excluding ortho intramolecular Hbond substituents is 1. The summed E-state index contributed by atoms with van der Waals surface area (Å²) < 4.78 is 5.70. The van der Waals surface area contributed by atoms with E-state index in [0.29, 0.717) is 12.1 Å². The van der Waals surface area contributed by atoms with Crippen LogP contribution in [-0.2, 0) is 0 Å². The number of hydrogen-bond acceptors (Lipinski definition) is 5. The fourth-order valence-electron chi connectivity index (χ4n) is 3.63. The van der Waals surface area contributed by atoms with Crippen molar-refractivity contribution in [2.24, 2.45) is 0 Å². The third kappa shape index (κ3) is 3.92. The van der Waals surface area contributed by atoms with Gasteiger partial charge in [0.1, 0.15) is 22.8 Å². The van der Waals surface area contributed by atoms with Gasteiger partial charge in [-0.1, -0.05) is 30.3 Å². The number of fused-ring (bicyclic) bond motifs is 1. The van der Waals surface area contributed by atoms with Crippen molar-refractivity contribution in [3.05, 3.63) is 89.2 Å². The first-order chi connectivity index (χ1) is 14.6. The van der Waals surface area contributed by atoms with Crippen LogP contribution in [0.4, 0.5) is 5.82 Å². The van der Waals surface area contributed by atoms with E-state index in [4.69, 9.17) is 4.74 Å². The highest BCUT2D eigenvalue weighted by Gasteiger charge is 2.21. The molecule has 0 aliphatic carbocycles. The number of rotatable bonds is 6. The van der Waals surface area contributed by atoms with Crippen LogP contribution in [0.3, 0.4) is 0 Å². The average molecular weight is 399 g/mol. The fourth-order valence-corrected chi connectivity index (χ4v) is 3.63. The topological polar surface area (TPSA) is 67.3 Å². The van der Waals surface area contributed by atoms with Gasteiger partial charge in [0, 0.05) is 22.8 Å². The Hall–Kier alpha value is -3.60. The lowest BCUT2D eigenvalue weighted by molar-refractivity contribution is 0.338. The minimum Gasteiger partial charge on any atom is -0.505 e. The van der Waals surface area contributed by atoms with Crippen molar-refractivity contribution in [3.8, 4) is 11.5 Å². The van der Waals surface area contributed by atoms with E-state index in [2.05, 4.69) is 21.4 Å². The fraction of sp³-hybridized carbons (Fsp3) is 0.200. The highest BCUT2D eigenvalue weighted by molar-refractivity contribution is 5.86. The molecule has 2 aromatic carbocycles. The molecule has 0 aliphatic heterocycles. The van der Waals surface area contributed by atoms with Crippen molar-refractivity contribution in [2.45, 2.75) is 26.8 Å². The molecular formula is C25H25N3O2. The molecule has 0 aliphatic rings. The molecule has 0 fully saturated rings. The molecule has 0 unspecified atom stereocenters. The van der Waals surface area contributed by atoms with Crippen molar-refractivity contribution in [1.82, 2.24) is 9.97 Å². The van der Waals surface area contributed by atoms with E-state index in [-0.39, 0.29) is 11.8 Å². The van der Waals surface area contributed by atoms with Crippen LogP contribution in [0.15, 0.2) is 66.9 Å². The summed E-state index contributed by atoms with van der Waals surface area (Å²) in [6.07, 6.45) is 1.74. The van der Waals surface area contributed by atoms with Gasteiger partial charge in [-0.25, -0.2) is 9.97 Å². The number of ether oxygens (including phenoxy) is 1. The summed E-state index contributed by atoms with van der Waals surface area (Å²) in [6.45, 7) is 6.54.